The Morgan fingerprint density at radius 2 is 2.20 bits per heavy atom. The molecule has 0 unspecified atom stereocenters. The standard InChI is InChI=1S/C13H15FN2O4/c14-11-7-9(16(19)20)1-2-10(11)12(18)15-8-13(3-4-13)5-6-17/h1-2,7,17H,3-6,8H2,(H,15,18). The molecule has 1 aromatic carbocycles. The lowest BCUT2D eigenvalue weighted by Crippen LogP contribution is -2.31. The van der Waals surface area contributed by atoms with Gasteiger partial charge in [0.1, 0.15) is 5.82 Å². The van der Waals surface area contributed by atoms with Crippen LogP contribution in [-0.4, -0.2) is 29.1 Å². The number of non-ortho nitro benzene ring substituents is 1. The van der Waals surface area contributed by atoms with Crippen molar-refractivity contribution in [3.05, 3.63) is 39.7 Å². The molecule has 0 aromatic heterocycles. The second kappa shape index (κ2) is 5.54. The van der Waals surface area contributed by atoms with Crippen LogP contribution in [0.3, 0.4) is 0 Å². The number of nitro groups is 1. The number of hydrogen-bond acceptors (Lipinski definition) is 4. The van der Waals surface area contributed by atoms with E-state index in [4.69, 9.17) is 5.11 Å². The minimum absolute atomic E-state index is 0.0573. The maximum Gasteiger partial charge on any atom is 0.272 e. The lowest BCUT2D eigenvalue weighted by atomic mass is 10.0. The van der Waals surface area contributed by atoms with Crippen LogP contribution in [0, 0.1) is 21.3 Å². The number of nitrogens with one attached hydrogen (secondary N) is 1. The predicted molar refractivity (Wildman–Crippen MR) is 68.8 cm³/mol. The number of amides is 1. The average Bonchev–Trinajstić information content (AvgIpc) is 3.16. The van der Waals surface area contributed by atoms with Gasteiger partial charge in [-0.15, -0.1) is 0 Å². The topological polar surface area (TPSA) is 92.5 Å². The van der Waals surface area contributed by atoms with E-state index in [0.717, 1.165) is 31.0 Å². The van der Waals surface area contributed by atoms with Gasteiger partial charge in [0, 0.05) is 19.2 Å². The van der Waals surface area contributed by atoms with E-state index >= 15 is 0 Å². The summed E-state index contributed by atoms with van der Waals surface area (Å²) in [7, 11) is 0. The zero-order valence-corrected chi connectivity index (χ0v) is 10.8. The highest BCUT2D eigenvalue weighted by Crippen LogP contribution is 2.47. The Morgan fingerprint density at radius 1 is 1.50 bits per heavy atom. The van der Waals surface area contributed by atoms with Gasteiger partial charge in [0.15, 0.2) is 0 Å². The van der Waals surface area contributed by atoms with Crippen LogP contribution in [0.15, 0.2) is 18.2 Å². The third-order valence-corrected chi connectivity index (χ3v) is 3.63. The Kier molecular flexibility index (Phi) is 3.99. The molecule has 6 nitrogen and oxygen atoms in total. The molecule has 0 saturated heterocycles. The molecule has 2 rings (SSSR count). The van der Waals surface area contributed by atoms with Gasteiger partial charge in [0.2, 0.25) is 0 Å². The molecule has 0 atom stereocenters. The third kappa shape index (κ3) is 3.11. The van der Waals surface area contributed by atoms with Crippen molar-refractivity contribution >= 4 is 11.6 Å². The Morgan fingerprint density at radius 3 is 2.70 bits per heavy atom. The summed E-state index contributed by atoms with van der Waals surface area (Å²) in [5, 5.41) is 22.0. The molecule has 2 N–H and O–H groups in total. The molecule has 1 fully saturated rings. The second-order valence-electron chi connectivity index (χ2n) is 5.08. The fraction of sp³-hybridized carbons (Fsp3) is 0.462. The lowest BCUT2D eigenvalue weighted by Gasteiger charge is -2.14. The van der Waals surface area contributed by atoms with Crippen LogP contribution in [0.5, 0.6) is 0 Å². The molecule has 1 aliphatic carbocycles. The highest BCUT2D eigenvalue weighted by Gasteiger charge is 2.42. The van der Waals surface area contributed by atoms with Crippen LogP contribution >= 0.6 is 0 Å². The zero-order chi connectivity index (χ0) is 14.8. The number of halogens is 1. The molecule has 0 radical (unpaired) electrons. The number of aliphatic hydroxyl groups excluding tert-OH is 1. The molecule has 1 aromatic rings. The first-order valence-electron chi connectivity index (χ1n) is 6.30. The second-order valence-corrected chi connectivity index (χ2v) is 5.08. The van der Waals surface area contributed by atoms with Crippen molar-refractivity contribution in [3.63, 3.8) is 0 Å². The van der Waals surface area contributed by atoms with E-state index in [1.165, 1.54) is 0 Å². The quantitative estimate of drug-likeness (QED) is 0.612. The van der Waals surface area contributed by atoms with Gasteiger partial charge in [-0.25, -0.2) is 4.39 Å². The van der Waals surface area contributed by atoms with Gasteiger partial charge in [-0.2, -0.15) is 0 Å². The van der Waals surface area contributed by atoms with Crippen LogP contribution in [-0.2, 0) is 0 Å². The van der Waals surface area contributed by atoms with E-state index in [0.29, 0.717) is 13.0 Å². The first kappa shape index (κ1) is 14.4. The normalized spacial score (nSPS) is 15.7. The summed E-state index contributed by atoms with van der Waals surface area (Å²) >= 11 is 0. The number of carbonyl (C=O) groups is 1. The number of nitro benzene ring substituents is 1. The summed E-state index contributed by atoms with van der Waals surface area (Å²) in [6, 6.07) is 2.93. The Labute approximate surface area is 114 Å². The van der Waals surface area contributed by atoms with Crippen molar-refractivity contribution in [2.75, 3.05) is 13.2 Å². The molecule has 1 amide bonds. The summed E-state index contributed by atoms with van der Waals surface area (Å²) in [5.41, 5.74) is -0.671. The van der Waals surface area contributed by atoms with Gasteiger partial charge in [0.05, 0.1) is 16.6 Å². The minimum atomic E-state index is -0.913. The monoisotopic (exact) mass is 282 g/mol. The summed E-state index contributed by atoms with van der Waals surface area (Å²) in [4.78, 5) is 21.6. The van der Waals surface area contributed by atoms with E-state index in [1.807, 2.05) is 0 Å². The van der Waals surface area contributed by atoms with Crippen molar-refractivity contribution in [2.24, 2.45) is 5.41 Å². The van der Waals surface area contributed by atoms with Gasteiger partial charge in [-0.05, 0) is 30.7 Å². The molecule has 0 heterocycles. The van der Waals surface area contributed by atoms with Crippen molar-refractivity contribution in [1.29, 1.82) is 0 Å². The van der Waals surface area contributed by atoms with Gasteiger partial charge >= 0.3 is 0 Å². The van der Waals surface area contributed by atoms with Crippen LogP contribution < -0.4 is 5.32 Å². The van der Waals surface area contributed by atoms with Crippen LogP contribution in [0.4, 0.5) is 10.1 Å². The minimum Gasteiger partial charge on any atom is -0.396 e. The van der Waals surface area contributed by atoms with Crippen molar-refractivity contribution in [3.8, 4) is 0 Å². The van der Waals surface area contributed by atoms with Crippen LogP contribution in [0.2, 0.25) is 0 Å². The molecule has 20 heavy (non-hydrogen) atoms. The van der Waals surface area contributed by atoms with Crippen molar-refractivity contribution in [2.45, 2.75) is 19.3 Å². The van der Waals surface area contributed by atoms with Crippen molar-refractivity contribution < 1.29 is 19.2 Å². The van der Waals surface area contributed by atoms with E-state index in [2.05, 4.69) is 5.32 Å². The fourth-order valence-corrected chi connectivity index (χ4v) is 2.09. The van der Waals surface area contributed by atoms with Gasteiger partial charge < -0.3 is 10.4 Å². The van der Waals surface area contributed by atoms with Crippen molar-refractivity contribution in [1.82, 2.24) is 5.32 Å². The molecule has 0 spiro atoms. The Hall–Kier alpha value is -2.02. The van der Waals surface area contributed by atoms with E-state index in [1.54, 1.807) is 0 Å². The highest BCUT2D eigenvalue weighted by atomic mass is 19.1. The number of nitrogens with zero attached hydrogens (tertiary/aromatic N) is 1. The highest BCUT2D eigenvalue weighted by molar-refractivity contribution is 5.94. The maximum atomic E-state index is 13.6. The lowest BCUT2D eigenvalue weighted by molar-refractivity contribution is -0.385. The molecule has 7 heteroatoms. The molecule has 108 valence electrons. The molecular formula is C13H15FN2O4. The molecule has 0 aliphatic heterocycles. The summed E-state index contributed by atoms with van der Waals surface area (Å²) in [6.07, 6.45) is 2.46. The number of hydrogen-bond donors (Lipinski definition) is 2. The Balaban J connectivity index is 2.01. The van der Waals surface area contributed by atoms with Crippen LogP contribution in [0.25, 0.3) is 0 Å². The number of benzene rings is 1. The zero-order valence-electron chi connectivity index (χ0n) is 10.8. The summed E-state index contributed by atoms with van der Waals surface area (Å²) < 4.78 is 13.6. The average molecular weight is 282 g/mol. The molecular weight excluding hydrogens is 267 g/mol. The summed E-state index contributed by atoms with van der Waals surface area (Å²) in [6.45, 7) is 0.435. The first-order chi connectivity index (χ1) is 9.47. The first-order valence-corrected chi connectivity index (χ1v) is 6.30. The van der Waals surface area contributed by atoms with E-state index < -0.39 is 22.3 Å². The Bertz CT molecular complexity index is 543. The van der Waals surface area contributed by atoms with E-state index in [9.17, 15) is 19.3 Å². The largest absolute Gasteiger partial charge is 0.396 e. The number of aliphatic hydroxyl groups is 1. The molecule has 1 saturated carbocycles. The van der Waals surface area contributed by atoms with Gasteiger partial charge in [-0.3, -0.25) is 14.9 Å². The summed E-state index contributed by atoms with van der Waals surface area (Å²) in [5.74, 6) is -1.51. The maximum absolute atomic E-state index is 13.6. The number of rotatable bonds is 6. The molecule has 0 bridgehead atoms. The van der Waals surface area contributed by atoms with Gasteiger partial charge in [0.25, 0.3) is 11.6 Å². The smallest absolute Gasteiger partial charge is 0.272 e. The van der Waals surface area contributed by atoms with E-state index in [-0.39, 0.29) is 17.6 Å². The fourth-order valence-electron chi connectivity index (χ4n) is 2.09. The van der Waals surface area contributed by atoms with Crippen LogP contribution in [0.1, 0.15) is 29.6 Å². The SMILES string of the molecule is O=C(NCC1(CCO)CC1)c1ccc([N+](=O)[O-])cc1F. The third-order valence-electron chi connectivity index (χ3n) is 3.63. The predicted octanol–water partition coefficient (Wildman–Crippen LogP) is 1.63. The number of carbonyl (C=O) groups excluding carboxylic acids is 1. The molecule has 1 aliphatic rings. The van der Waals surface area contributed by atoms with Gasteiger partial charge in [-0.1, -0.05) is 0 Å².